The summed E-state index contributed by atoms with van der Waals surface area (Å²) in [5.74, 6) is 0.297. The van der Waals surface area contributed by atoms with E-state index in [0.717, 1.165) is 31.5 Å². The Hall–Kier alpha value is -2.53. The molecule has 26 heavy (non-hydrogen) atoms. The van der Waals surface area contributed by atoms with Crippen LogP contribution in [0.1, 0.15) is 24.8 Å². The van der Waals surface area contributed by atoms with Gasteiger partial charge in [0.15, 0.2) is 0 Å². The van der Waals surface area contributed by atoms with Crippen molar-refractivity contribution in [3.63, 3.8) is 0 Å². The van der Waals surface area contributed by atoms with Crippen LogP contribution in [0, 0.1) is 0 Å². The van der Waals surface area contributed by atoms with Gasteiger partial charge in [-0.25, -0.2) is 0 Å². The molecular weight excluding hydrogens is 352 g/mol. The van der Waals surface area contributed by atoms with E-state index in [4.69, 9.17) is 16.3 Å². The zero-order valence-electron chi connectivity index (χ0n) is 14.4. The Kier molecular flexibility index (Phi) is 6.12. The van der Waals surface area contributed by atoms with E-state index in [1.54, 1.807) is 29.2 Å². The van der Waals surface area contributed by atoms with Gasteiger partial charge in [-0.1, -0.05) is 23.7 Å². The number of carbonyl (C=O) groups excluding carboxylic acids is 2. The number of amides is 2. The molecule has 1 aliphatic rings. The molecule has 0 saturated carbocycles. The molecule has 1 aliphatic heterocycles. The van der Waals surface area contributed by atoms with Gasteiger partial charge in [-0.2, -0.15) is 0 Å². The number of ether oxygens (including phenoxy) is 1. The predicted molar refractivity (Wildman–Crippen MR) is 101 cm³/mol. The molecule has 1 fully saturated rings. The summed E-state index contributed by atoms with van der Waals surface area (Å²) < 4.78 is 5.71. The zero-order valence-corrected chi connectivity index (χ0v) is 15.2. The topological polar surface area (TPSA) is 58.6 Å². The van der Waals surface area contributed by atoms with Crippen molar-refractivity contribution in [1.29, 1.82) is 0 Å². The first-order valence-corrected chi connectivity index (χ1v) is 9.03. The molecule has 1 saturated heterocycles. The van der Waals surface area contributed by atoms with Crippen LogP contribution in [0.5, 0.6) is 5.75 Å². The van der Waals surface area contributed by atoms with E-state index in [-0.39, 0.29) is 18.2 Å². The lowest BCUT2D eigenvalue weighted by molar-refractivity contribution is -0.133. The minimum Gasteiger partial charge on any atom is -0.489 e. The number of anilines is 1. The number of rotatable bonds is 6. The lowest BCUT2D eigenvalue weighted by atomic mass is 10.2. The molecule has 0 bridgehead atoms. The van der Waals surface area contributed by atoms with Crippen LogP contribution in [0.2, 0.25) is 5.02 Å². The maximum absolute atomic E-state index is 12.0. The molecule has 0 aliphatic carbocycles. The summed E-state index contributed by atoms with van der Waals surface area (Å²) >= 11 is 5.86. The predicted octanol–water partition coefficient (Wildman–Crippen LogP) is 3.87. The van der Waals surface area contributed by atoms with Crippen LogP contribution in [0.15, 0.2) is 48.5 Å². The number of nitrogens with zero attached hydrogens (tertiary/aromatic N) is 1. The SMILES string of the molecule is O=C(CC(=O)N1CCCC1)Nc1ccc(OCc2ccc(Cl)cc2)cc1. The molecule has 6 heteroatoms. The fraction of sp³-hybridized carbons (Fsp3) is 0.300. The van der Waals surface area contributed by atoms with Gasteiger partial charge in [0.1, 0.15) is 18.8 Å². The molecule has 2 aromatic carbocycles. The van der Waals surface area contributed by atoms with Gasteiger partial charge in [-0.05, 0) is 54.8 Å². The van der Waals surface area contributed by atoms with Gasteiger partial charge >= 0.3 is 0 Å². The minimum atomic E-state index is -0.295. The van der Waals surface area contributed by atoms with Crippen molar-refractivity contribution in [2.75, 3.05) is 18.4 Å². The minimum absolute atomic E-state index is 0.108. The van der Waals surface area contributed by atoms with Gasteiger partial charge in [0.2, 0.25) is 11.8 Å². The standard InChI is InChI=1S/C20H21ClN2O3/c21-16-5-3-15(4-6-16)14-26-18-9-7-17(8-10-18)22-19(24)13-20(25)23-11-1-2-12-23/h3-10H,1-2,11-14H2,(H,22,24). The number of carbonyl (C=O) groups is 2. The smallest absolute Gasteiger partial charge is 0.233 e. The van der Waals surface area contributed by atoms with Crippen LogP contribution >= 0.6 is 11.6 Å². The highest BCUT2D eigenvalue weighted by atomic mass is 35.5. The number of nitrogens with one attached hydrogen (secondary N) is 1. The summed E-state index contributed by atoms with van der Waals surface area (Å²) in [7, 11) is 0. The molecule has 0 atom stereocenters. The van der Waals surface area contributed by atoms with Gasteiger partial charge in [-0.15, -0.1) is 0 Å². The van der Waals surface area contributed by atoms with E-state index in [0.29, 0.717) is 23.1 Å². The van der Waals surface area contributed by atoms with Crippen molar-refractivity contribution < 1.29 is 14.3 Å². The maximum atomic E-state index is 12.0. The Bertz CT molecular complexity index is 754. The summed E-state index contributed by atoms with van der Waals surface area (Å²) in [6.07, 6.45) is 1.92. The van der Waals surface area contributed by atoms with Crippen molar-refractivity contribution >= 4 is 29.1 Å². The van der Waals surface area contributed by atoms with Crippen molar-refractivity contribution in [2.45, 2.75) is 25.9 Å². The highest BCUT2D eigenvalue weighted by molar-refractivity contribution is 6.30. The highest BCUT2D eigenvalue weighted by Crippen LogP contribution is 2.18. The molecule has 2 aromatic rings. The molecule has 1 N–H and O–H groups in total. The van der Waals surface area contributed by atoms with Gasteiger partial charge in [0.25, 0.3) is 0 Å². The fourth-order valence-electron chi connectivity index (χ4n) is 2.80. The third-order valence-electron chi connectivity index (χ3n) is 4.23. The number of hydrogen-bond acceptors (Lipinski definition) is 3. The average molecular weight is 373 g/mol. The molecule has 0 unspecified atom stereocenters. The number of likely N-dealkylation sites (tertiary alicyclic amines) is 1. The van der Waals surface area contributed by atoms with Crippen LogP contribution in [0.3, 0.4) is 0 Å². The van der Waals surface area contributed by atoms with Crippen molar-refractivity contribution in [1.82, 2.24) is 4.90 Å². The summed E-state index contributed by atoms with van der Waals surface area (Å²) in [5.41, 5.74) is 1.66. The summed E-state index contributed by atoms with van der Waals surface area (Å²) in [4.78, 5) is 25.7. The fourth-order valence-corrected chi connectivity index (χ4v) is 2.93. The zero-order chi connectivity index (χ0) is 18.4. The summed E-state index contributed by atoms with van der Waals surface area (Å²) in [6.45, 7) is 1.95. The Morgan fingerprint density at radius 3 is 2.31 bits per heavy atom. The van der Waals surface area contributed by atoms with E-state index >= 15 is 0 Å². The Morgan fingerprint density at radius 1 is 1.00 bits per heavy atom. The highest BCUT2D eigenvalue weighted by Gasteiger charge is 2.20. The number of halogens is 1. The monoisotopic (exact) mass is 372 g/mol. The first kappa shape index (κ1) is 18.3. The van der Waals surface area contributed by atoms with Crippen LogP contribution in [0.4, 0.5) is 5.69 Å². The van der Waals surface area contributed by atoms with Crippen LogP contribution in [-0.4, -0.2) is 29.8 Å². The molecule has 136 valence electrons. The number of benzene rings is 2. The first-order chi connectivity index (χ1) is 12.6. The Labute approximate surface area is 157 Å². The van der Waals surface area contributed by atoms with Gasteiger partial charge in [0.05, 0.1) is 0 Å². The molecule has 0 radical (unpaired) electrons. The molecule has 2 amide bonds. The van der Waals surface area contributed by atoms with E-state index in [9.17, 15) is 9.59 Å². The lowest BCUT2D eigenvalue weighted by Crippen LogP contribution is -2.31. The molecule has 3 rings (SSSR count). The molecule has 1 heterocycles. The molecule has 0 spiro atoms. The third kappa shape index (κ3) is 5.23. The van der Waals surface area contributed by atoms with Crippen LogP contribution in [0.25, 0.3) is 0 Å². The summed E-state index contributed by atoms with van der Waals surface area (Å²) in [6, 6.07) is 14.6. The van der Waals surface area contributed by atoms with E-state index in [2.05, 4.69) is 5.32 Å². The van der Waals surface area contributed by atoms with Crippen LogP contribution in [-0.2, 0) is 16.2 Å². The van der Waals surface area contributed by atoms with E-state index in [1.807, 2.05) is 24.3 Å². The second kappa shape index (κ2) is 8.72. The van der Waals surface area contributed by atoms with Crippen LogP contribution < -0.4 is 10.1 Å². The van der Waals surface area contributed by atoms with Gasteiger partial charge in [0, 0.05) is 23.8 Å². The van der Waals surface area contributed by atoms with Gasteiger partial charge in [-0.3, -0.25) is 9.59 Å². The average Bonchev–Trinajstić information content (AvgIpc) is 3.17. The quantitative estimate of drug-likeness (QED) is 0.783. The maximum Gasteiger partial charge on any atom is 0.233 e. The Balaban J connectivity index is 1.46. The Morgan fingerprint density at radius 2 is 1.65 bits per heavy atom. The van der Waals surface area contributed by atoms with E-state index in [1.165, 1.54) is 0 Å². The molecule has 0 aromatic heterocycles. The molecular formula is C20H21ClN2O3. The lowest BCUT2D eigenvalue weighted by Gasteiger charge is -2.14. The van der Waals surface area contributed by atoms with Crippen molar-refractivity contribution in [2.24, 2.45) is 0 Å². The largest absolute Gasteiger partial charge is 0.489 e. The second-order valence-electron chi connectivity index (χ2n) is 6.25. The first-order valence-electron chi connectivity index (χ1n) is 8.65. The normalized spacial score (nSPS) is 13.5. The van der Waals surface area contributed by atoms with Gasteiger partial charge < -0.3 is 15.0 Å². The second-order valence-corrected chi connectivity index (χ2v) is 6.69. The van der Waals surface area contributed by atoms with Crippen molar-refractivity contribution in [3.05, 3.63) is 59.1 Å². The van der Waals surface area contributed by atoms with Crippen molar-refractivity contribution in [3.8, 4) is 5.75 Å². The third-order valence-corrected chi connectivity index (χ3v) is 4.48. The number of hydrogen-bond donors (Lipinski definition) is 1. The van der Waals surface area contributed by atoms with E-state index < -0.39 is 0 Å². The molecule has 5 nitrogen and oxygen atoms in total. The summed E-state index contributed by atoms with van der Waals surface area (Å²) in [5, 5.41) is 3.44.